The van der Waals surface area contributed by atoms with Crippen LogP contribution in [-0.2, 0) is 10.0 Å². The number of halogens is 1. The van der Waals surface area contributed by atoms with Crippen LogP contribution in [0.25, 0.3) is 33.1 Å². The van der Waals surface area contributed by atoms with Crippen molar-refractivity contribution in [3.63, 3.8) is 0 Å². The van der Waals surface area contributed by atoms with Crippen molar-refractivity contribution < 1.29 is 27.5 Å². The molecule has 0 radical (unpaired) electrons. The Hall–Kier alpha value is -5.04. The largest absolute Gasteiger partial charge is 0.465 e. The minimum absolute atomic E-state index is 0.0505. The first-order valence-electron chi connectivity index (χ1n) is 14.0. The van der Waals surface area contributed by atoms with Crippen LogP contribution in [0.5, 0.6) is 0 Å². The Morgan fingerprint density at radius 2 is 1.84 bits per heavy atom. The molecule has 0 saturated carbocycles. The molecule has 3 aromatic heterocycles. The molecule has 2 aromatic carbocycles. The molecular formula is C31H29FN6O5S. The van der Waals surface area contributed by atoms with Crippen LogP contribution in [0.3, 0.4) is 0 Å². The fourth-order valence-corrected chi connectivity index (χ4v) is 7.03. The number of hydrogen-bond donors (Lipinski definition) is 3. The lowest BCUT2D eigenvalue weighted by Crippen LogP contribution is -2.47. The number of benzene rings is 2. The molecule has 4 heterocycles. The number of aromatic nitrogens is 3. The van der Waals surface area contributed by atoms with Crippen LogP contribution in [-0.4, -0.2) is 65.6 Å². The van der Waals surface area contributed by atoms with E-state index in [2.05, 4.69) is 20.6 Å². The molecule has 1 saturated heterocycles. The number of hydrogen-bond acceptors (Lipinski definition) is 7. The van der Waals surface area contributed by atoms with Gasteiger partial charge in [-0.25, -0.2) is 26.6 Å². The van der Waals surface area contributed by atoms with Gasteiger partial charge in [-0.1, -0.05) is 17.7 Å². The third-order valence-electron chi connectivity index (χ3n) is 7.86. The van der Waals surface area contributed by atoms with E-state index in [-0.39, 0.29) is 27.7 Å². The third kappa shape index (κ3) is 5.19. The van der Waals surface area contributed by atoms with Gasteiger partial charge in [-0.2, -0.15) is 0 Å². The molecule has 0 spiro atoms. The van der Waals surface area contributed by atoms with E-state index >= 15 is 4.39 Å². The standard InChI is InChI=1S/C31H29FN6O5S/c1-18-5-7-22(8-6-18)44(42,43)38-17-25(23-13-20(30(39)33-2)15-35-29(23)38)19-12-24-27(9-10-34-28(24)26(32)14-19)37-11-3-4-21(16-37)36-31(40)41/h5-10,12-15,17,21,36H,3-4,11,16H2,1-2H3,(H,33,39)(H,40,41)/t21-/m0/s1. The lowest BCUT2D eigenvalue weighted by atomic mass is 10.00. The highest BCUT2D eigenvalue weighted by Gasteiger charge is 2.26. The number of fused-ring (bicyclic) bond motifs is 2. The summed E-state index contributed by atoms with van der Waals surface area (Å²) in [5.74, 6) is -1.03. The van der Waals surface area contributed by atoms with E-state index in [1.807, 2.05) is 11.8 Å². The van der Waals surface area contributed by atoms with Crippen molar-refractivity contribution >= 4 is 49.6 Å². The lowest BCUT2D eigenvalue weighted by Gasteiger charge is -2.34. The van der Waals surface area contributed by atoms with Gasteiger partial charge in [0.25, 0.3) is 15.9 Å². The number of nitrogens with one attached hydrogen (secondary N) is 2. The molecule has 0 aliphatic carbocycles. The predicted octanol–water partition coefficient (Wildman–Crippen LogP) is 4.53. The number of pyridine rings is 2. The third-order valence-corrected chi connectivity index (χ3v) is 9.52. The molecule has 11 nitrogen and oxygen atoms in total. The van der Waals surface area contributed by atoms with E-state index in [4.69, 9.17) is 0 Å². The number of aryl methyl sites for hydroxylation is 1. The van der Waals surface area contributed by atoms with Gasteiger partial charge in [0.1, 0.15) is 11.3 Å². The molecule has 3 N–H and O–H groups in total. The lowest BCUT2D eigenvalue weighted by molar-refractivity contribution is 0.0962. The summed E-state index contributed by atoms with van der Waals surface area (Å²) in [4.78, 5) is 34.5. The summed E-state index contributed by atoms with van der Waals surface area (Å²) in [6, 6.07) is 12.4. The van der Waals surface area contributed by atoms with Crippen LogP contribution in [0.4, 0.5) is 14.9 Å². The van der Waals surface area contributed by atoms with E-state index in [9.17, 15) is 23.1 Å². The first kappa shape index (κ1) is 29.1. The minimum atomic E-state index is -4.12. The Balaban J connectivity index is 1.55. The number of carbonyl (C=O) groups is 2. The summed E-state index contributed by atoms with van der Waals surface area (Å²) in [6.45, 7) is 2.88. The molecule has 0 bridgehead atoms. The first-order valence-corrected chi connectivity index (χ1v) is 15.4. The maximum absolute atomic E-state index is 15.8. The fraction of sp³-hybridized carbons (Fsp3) is 0.226. The van der Waals surface area contributed by atoms with Crippen molar-refractivity contribution in [2.24, 2.45) is 0 Å². The molecule has 1 aliphatic rings. The van der Waals surface area contributed by atoms with Gasteiger partial charge in [0, 0.05) is 66.8 Å². The highest BCUT2D eigenvalue weighted by Crippen LogP contribution is 2.37. The average Bonchev–Trinajstić information content (AvgIpc) is 3.40. The van der Waals surface area contributed by atoms with Gasteiger partial charge in [-0.3, -0.25) is 9.78 Å². The van der Waals surface area contributed by atoms with Gasteiger partial charge < -0.3 is 20.6 Å². The molecule has 5 aromatic rings. The molecule has 1 fully saturated rings. The Labute approximate surface area is 252 Å². The molecule has 13 heteroatoms. The fourth-order valence-electron chi connectivity index (χ4n) is 5.70. The zero-order valence-electron chi connectivity index (χ0n) is 23.9. The zero-order valence-corrected chi connectivity index (χ0v) is 24.7. The molecule has 2 amide bonds. The summed E-state index contributed by atoms with van der Waals surface area (Å²) in [5.41, 5.74) is 2.70. The van der Waals surface area contributed by atoms with Crippen molar-refractivity contribution in [2.45, 2.75) is 30.7 Å². The summed E-state index contributed by atoms with van der Waals surface area (Å²) >= 11 is 0. The smallest absolute Gasteiger partial charge is 0.404 e. The molecular weight excluding hydrogens is 587 g/mol. The zero-order chi connectivity index (χ0) is 31.2. The summed E-state index contributed by atoms with van der Waals surface area (Å²) in [5, 5.41) is 15.1. The van der Waals surface area contributed by atoms with E-state index in [0.29, 0.717) is 47.1 Å². The molecule has 0 unspecified atom stereocenters. The minimum Gasteiger partial charge on any atom is -0.465 e. The van der Waals surface area contributed by atoms with Crippen molar-refractivity contribution in [3.05, 3.63) is 84.1 Å². The molecule has 226 valence electrons. The van der Waals surface area contributed by atoms with Gasteiger partial charge in [0.05, 0.1) is 10.5 Å². The van der Waals surface area contributed by atoms with Crippen molar-refractivity contribution in [2.75, 3.05) is 25.0 Å². The monoisotopic (exact) mass is 616 g/mol. The van der Waals surface area contributed by atoms with Crippen LogP contribution >= 0.6 is 0 Å². The number of rotatable bonds is 6. The predicted molar refractivity (Wildman–Crippen MR) is 164 cm³/mol. The maximum Gasteiger partial charge on any atom is 0.404 e. The second kappa shape index (κ2) is 11.2. The van der Waals surface area contributed by atoms with Gasteiger partial charge in [0.2, 0.25) is 0 Å². The summed E-state index contributed by atoms with van der Waals surface area (Å²) in [7, 11) is -2.64. The Kier molecular flexibility index (Phi) is 7.41. The highest BCUT2D eigenvalue weighted by atomic mass is 32.2. The van der Waals surface area contributed by atoms with Crippen LogP contribution in [0, 0.1) is 12.7 Å². The molecule has 1 atom stereocenters. The Bertz CT molecular complexity index is 2040. The summed E-state index contributed by atoms with van der Waals surface area (Å²) in [6.07, 6.45) is 4.51. The van der Waals surface area contributed by atoms with Crippen LogP contribution in [0.2, 0.25) is 0 Å². The van der Waals surface area contributed by atoms with E-state index in [0.717, 1.165) is 16.0 Å². The van der Waals surface area contributed by atoms with Crippen LogP contribution in [0.15, 0.2) is 72.0 Å². The quantitative estimate of drug-likeness (QED) is 0.252. The highest BCUT2D eigenvalue weighted by molar-refractivity contribution is 7.90. The average molecular weight is 617 g/mol. The number of anilines is 1. The number of carbonyl (C=O) groups excluding carboxylic acids is 1. The number of nitrogens with zero attached hydrogens (tertiary/aromatic N) is 4. The van der Waals surface area contributed by atoms with Crippen molar-refractivity contribution in [3.8, 4) is 11.1 Å². The second-order valence-corrected chi connectivity index (χ2v) is 12.6. The Morgan fingerprint density at radius 3 is 2.57 bits per heavy atom. The van der Waals surface area contributed by atoms with Crippen molar-refractivity contribution in [1.82, 2.24) is 24.6 Å². The normalized spacial score (nSPS) is 15.4. The van der Waals surface area contributed by atoms with Gasteiger partial charge >= 0.3 is 6.09 Å². The topological polar surface area (TPSA) is 147 Å². The first-order chi connectivity index (χ1) is 21.1. The number of carboxylic acid groups (broad SMARTS) is 1. The van der Waals surface area contributed by atoms with Gasteiger partial charge in [0.15, 0.2) is 5.65 Å². The molecule has 6 rings (SSSR count). The maximum atomic E-state index is 15.8. The molecule has 1 aliphatic heterocycles. The second-order valence-electron chi connectivity index (χ2n) is 10.7. The summed E-state index contributed by atoms with van der Waals surface area (Å²) < 4.78 is 44.5. The number of amides is 2. The van der Waals surface area contributed by atoms with E-state index in [1.165, 1.54) is 49.9 Å². The van der Waals surface area contributed by atoms with Crippen LogP contribution < -0.4 is 15.5 Å². The van der Waals surface area contributed by atoms with Crippen molar-refractivity contribution in [1.29, 1.82) is 0 Å². The van der Waals surface area contributed by atoms with Crippen LogP contribution in [0.1, 0.15) is 28.8 Å². The number of piperidine rings is 1. The van der Waals surface area contributed by atoms with Gasteiger partial charge in [-0.05, 0) is 61.7 Å². The SMILES string of the molecule is CNC(=O)c1cnc2c(c1)c(-c1cc(F)c3nccc(N4CCC[C@H](NC(=O)O)C4)c3c1)cn2S(=O)(=O)c1ccc(C)cc1. The Morgan fingerprint density at radius 1 is 1.07 bits per heavy atom. The van der Waals surface area contributed by atoms with E-state index < -0.39 is 27.8 Å². The van der Waals surface area contributed by atoms with E-state index in [1.54, 1.807) is 24.3 Å². The molecule has 44 heavy (non-hydrogen) atoms. The van der Waals surface area contributed by atoms with Gasteiger partial charge in [-0.15, -0.1) is 0 Å².